The van der Waals surface area contributed by atoms with E-state index in [4.69, 9.17) is 5.73 Å². The van der Waals surface area contributed by atoms with Gasteiger partial charge in [-0.3, -0.25) is 0 Å². The quantitative estimate of drug-likeness (QED) is 0.636. The van der Waals surface area contributed by atoms with Crippen molar-refractivity contribution in [2.45, 2.75) is 26.3 Å². The number of sulfonamides is 1. The summed E-state index contributed by atoms with van der Waals surface area (Å²) in [7, 11) is -7.33. The second-order valence-electron chi connectivity index (χ2n) is 4.40. The zero-order valence-electron chi connectivity index (χ0n) is 9.80. The molecule has 0 rings (SSSR count). The van der Waals surface area contributed by atoms with Crippen molar-refractivity contribution in [3.05, 3.63) is 0 Å². The summed E-state index contributed by atoms with van der Waals surface area (Å²) in [6.45, 7) is 4.02. The van der Waals surface area contributed by atoms with Crippen LogP contribution in [0.2, 0.25) is 0 Å². The summed E-state index contributed by atoms with van der Waals surface area (Å²) in [4.78, 5) is 0. The zero-order chi connectivity index (χ0) is 13.0. The van der Waals surface area contributed by atoms with Gasteiger partial charge in [0.15, 0.2) is 14.9 Å². The number of rotatable bonds is 7. The van der Waals surface area contributed by atoms with Crippen LogP contribution >= 0.6 is 0 Å². The summed E-state index contributed by atoms with van der Waals surface area (Å²) in [6.07, 6.45) is 1.56. The molecule has 1 unspecified atom stereocenters. The van der Waals surface area contributed by atoms with Gasteiger partial charge in [0, 0.05) is 18.8 Å². The first-order valence-corrected chi connectivity index (χ1v) is 8.64. The molecule has 0 aromatic carbocycles. The first kappa shape index (κ1) is 15.8. The van der Waals surface area contributed by atoms with Crippen molar-refractivity contribution in [1.29, 1.82) is 0 Å². The van der Waals surface area contributed by atoms with Crippen molar-refractivity contribution in [2.24, 2.45) is 11.7 Å². The van der Waals surface area contributed by atoms with Crippen molar-refractivity contribution in [1.82, 2.24) is 4.72 Å². The summed E-state index contributed by atoms with van der Waals surface area (Å²) < 4.78 is 46.4. The minimum Gasteiger partial charge on any atom is -0.327 e. The number of hydrogen-bond acceptors (Lipinski definition) is 5. The third kappa shape index (κ3) is 9.08. The highest BCUT2D eigenvalue weighted by atomic mass is 32.3. The van der Waals surface area contributed by atoms with E-state index >= 15 is 0 Å². The van der Waals surface area contributed by atoms with Gasteiger partial charge in [-0.25, -0.2) is 21.6 Å². The molecule has 16 heavy (non-hydrogen) atoms. The van der Waals surface area contributed by atoms with Gasteiger partial charge in [0.25, 0.3) is 0 Å². The van der Waals surface area contributed by atoms with E-state index in [1.807, 2.05) is 13.8 Å². The molecule has 0 aliphatic heterocycles. The van der Waals surface area contributed by atoms with E-state index in [9.17, 15) is 16.8 Å². The van der Waals surface area contributed by atoms with Crippen molar-refractivity contribution in [3.63, 3.8) is 0 Å². The molecule has 3 N–H and O–H groups in total. The van der Waals surface area contributed by atoms with E-state index in [2.05, 4.69) is 4.72 Å². The summed E-state index contributed by atoms with van der Waals surface area (Å²) in [6, 6.07) is -0.297. The van der Waals surface area contributed by atoms with Crippen LogP contribution in [0.4, 0.5) is 0 Å². The van der Waals surface area contributed by atoms with Crippen LogP contribution in [0.25, 0.3) is 0 Å². The van der Waals surface area contributed by atoms with Crippen molar-refractivity contribution < 1.29 is 16.8 Å². The lowest BCUT2D eigenvalue weighted by atomic mass is 10.1. The van der Waals surface area contributed by atoms with Crippen LogP contribution in [0.1, 0.15) is 20.3 Å². The molecule has 0 aromatic rings. The molecule has 0 heterocycles. The summed E-state index contributed by atoms with van der Waals surface area (Å²) in [5.74, 6) is 0.370. The Morgan fingerprint density at radius 1 is 1.19 bits per heavy atom. The molecule has 1 atom stereocenters. The lowest BCUT2D eigenvalue weighted by Gasteiger charge is -2.14. The van der Waals surface area contributed by atoms with E-state index in [1.165, 1.54) is 0 Å². The van der Waals surface area contributed by atoms with Gasteiger partial charge in [0.05, 0.1) is 0 Å². The third-order valence-corrected chi connectivity index (χ3v) is 5.27. The van der Waals surface area contributed by atoms with Crippen LogP contribution in [0.15, 0.2) is 0 Å². The smallest absolute Gasteiger partial charge is 0.226 e. The SMILES string of the molecule is CC(C)CC(N)CNS(=O)(=O)CS(C)(=O)=O. The number of nitrogens with two attached hydrogens (primary N) is 1. The van der Waals surface area contributed by atoms with Crippen LogP contribution in [0.3, 0.4) is 0 Å². The molecule has 8 heteroatoms. The zero-order valence-corrected chi connectivity index (χ0v) is 11.4. The van der Waals surface area contributed by atoms with E-state index in [-0.39, 0.29) is 12.6 Å². The van der Waals surface area contributed by atoms with Crippen LogP contribution < -0.4 is 10.5 Å². The molecule has 0 bridgehead atoms. The van der Waals surface area contributed by atoms with Gasteiger partial charge in [0.1, 0.15) is 0 Å². The van der Waals surface area contributed by atoms with Gasteiger partial charge in [-0.05, 0) is 12.3 Å². The number of sulfone groups is 1. The van der Waals surface area contributed by atoms with E-state index in [0.29, 0.717) is 12.3 Å². The van der Waals surface area contributed by atoms with Crippen molar-refractivity contribution in [3.8, 4) is 0 Å². The van der Waals surface area contributed by atoms with Crippen molar-refractivity contribution in [2.75, 3.05) is 17.9 Å². The average molecular weight is 272 g/mol. The summed E-state index contributed by atoms with van der Waals surface area (Å²) in [5.41, 5.74) is 5.67. The number of hydrogen-bond donors (Lipinski definition) is 2. The fraction of sp³-hybridized carbons (Fsp3) is 1.00. The van der Waals surface area contributed by atoms with Gasteiger partial charge < -0.3 is 5.73 Å². The molecule has 0 saturated carbocycles. The molecule has 98 valence electrons. The van der Waals surface area contributed by atoms with E-state index in [0.717, 1.165) is 6.26 Å². The van der Waals surface area contributed by atoms with Crippen LogP contribution in [0, 0.1) is 5.92 Å². The molecule has 0 saturated heterocycles. The normalized spacial score (nSPS) is 15.3. The third-order valence-electron chi connectivity index (χ3n) is 1.71. The molecule has 0 aromatic heterocycles. The predicted octanol–water partition coefficient (Wildman–Crippen LogP) is -0.719. The Kier molecular flexibility index (Phi) is 5.88. The Bertz CT molecular complexity index is 400. The van der Waals surface area contributed by atoms with Crippen LogP contribution in [-0.4, -0.2) is 40.8 Å². The predicted molar refractivity (Wildman–Crippen MR) is 64.1 cm³/mol. The molecule has 0 spiro atoms. The maximum atomic E-state index is 11.3. The molecule has 0 aliphatic carbocycles. The summed E-state index contributed by atoms with van der Waals surface area (Å²) >= 11 is 0. The van der Waals surface area contributed by atoms with Crippen LogP contribution in [0.5, 0.6) is 0 Å². The lowest BCUT2D eigenvalue weighted by molar-refractivity contribution is 0.486. The Hall–Kier alpha value is -0.180. The van der Waals surface area contributed by atoms with E-state index in [1.54, 1.807) is 0 Å². The first-order valence-electron chi connectivity index (χ1n) is 4.92. The standard InChI is InChI=1S/C8H20N2O4S2/c1-7(2)4-8(9)5-10-16(13,14)6-15(3,11)12/h7-8,10H,4-6,9H2,1-3H3. The Balaban J connectivity index is 4.20. The van der Waals surface area contributed by atoms with Gasteiger partial charge in [-0.15, -0.1) is 0 Å². The van der Waals surface area contributed by atoms with E-state index < -0.39 is 24.9 Å². The Labute approximate surface area is 97.6 Å². The van der Waals surface area contributed by atoms with Crippen LogP contribution in [-0.2, 0) is 19.9 Å². The Morgan fingerprint density at radius 2 is 1.69 bits per heavy atom. The Morgan fingerprint density at radius 3 is 2.06 bits per heavy atom. The van der Waals surface area contributed by atoms with Gasteiger partial charge in [-0.2, -0.15) is 0 Å². The molecule has 0 amide bonds. The lowest BCUT2D eigenvalue weighted by Crippen LogP contribution is -2.39. The highest BCUT2D eigenvalue weighted by Gasteiger charge is 2.18. The number of nitrogens with one attached hydrogen (secondary N) is 1. The highest BCUT2D eigenvalue weighted by Crippen LogP contribution is 2.02. The highest BCUT2D eigenvalue weighted by molar-refractivity contribution is 8.06. The fourth-order valence-electron chi connectivity index (χ4n) is 1.25. The summed E-state index contributed by atoms with van der Waals surface area (Å²) in [5, 5.41) is -0.894. The topological polar surface area (TPSA) is 106 Å². The maximum absolute atomic E-state index is 11.3. The largest absolute Gasteiger partial charge is 0.327 e. The van der Waals surface area contributed by atoms with Gasteiger partial charge in [-0.1, -0.05) is 13.8 Å². The monoisotopic (exact) mass is 272 g/mol. The maximum Gasteiger partial charge on any atom is 0.226 e. The molecular formula is C8H20N2O4S2. The minimum absolute atomic E-state index is 0.0655. The second kappa shape index (κ2) is 5.95. The molecule has 0 fully saturated rings. The average Bonchev–Trinajstić information content (AvgIpc) is 1.95. The molecular weight excluding hydrogens is 252 g/mol. The molecule has 0 radical (unpaired) electrons. The first-order chi connectivity index (χ1) is 7.02. The minimum atomic E-state index is -3.79. The van der Waals surface area contributed by atoms with Gasteiger partial charge >= 0.3 is 0 Å². The molecule has 6 nitrogen and oxygen atoms in total. The fourth-order valence-corrected chi connectivity index (χ4v) is 4.30. The molecule has 0 aliphatic rings. The van der Waals surface area contributed by atoms with Crippen molar-refractivity contribution >= 4 is 19.9 Å². The van der Waals surface area contributed by atoms with Gasteiger partial charge in [0.2, 0.25) is 10.0 Å². The second-order valence-corrected chi connectivity index (χ2v) is 8.71.